The van der Waals surface area contributed by atoms with E-state index < -0.39 is 23.6 Å². The minimum atomic E-state index is -0.499. The monoisotopic (exact) mass is 366 g/mol. The zero-order valence-corrected chi connectivity index (χ0v) is 14.0. The number of benzene rings is 2. The average molecular weight is 366 g/mol. The minimum Gasteiger partial charge on any atom is -0.467 e. The first-order chi connectivity index (χ1) is 13.1. The first-order valence-corrected chi connectivity index (χ1v) is 8.23. The fraction of sp³-hybridized carbons (Fsp3) is 0.158. The van der Waals surface area contributed by atoms with E-state index in [-0.39, 0.29) is 30.3 Å². The van der Waals surface area contributed by atoms with Crippen LogP contribution in [0, 0.1) is 0 Å². The molecule has 0 spiro atoms. The van der Waals surface area contributed by atoms with E-state index in [0.29, 0.717) is 23.1 Å². The highest BCUT2D eigenvalue weighted by molar-refractivity contribution is 6.23. The number of nitrogens with one attached hydrogen (secondary N) is 2. The van der Waals surface area contributed by atoms with Gasteiger partial charge < -0.3 is 9.47 Å². The van der Waals surface area contributed by atoms with Gasteiger partial charge in [-0.3, -0.25) is 29.8 Å². The molecule has 8 heteroatoms. The van der Waals surface area contributed by atoms with Crippen LogP contribution in [0.15, 0.2) is 36.4 Å². The number of imide groups is 2. The summed E-state index contributed by atoms with van der Waals surface area (Å²) < 4.78 is 10.9. The van der Waals surface area contributed by atoms with Crippen molar-refractivity contribution >= 4 is 23.6 Å². The lowest BCUT2D eigenvalue weighted by Gasteiger charge is -2.10. The summed E-state index contributed by atoms with van der Waals surface area (Å²) in [6, 6.07) is 9.83. The smallest absolute Gasteiger partial charge is 0.262 e. The SMILES string of the molecule is O=C1NC(=O)c2c(CCOCOc3cccc4c3C(=O)NC4=O)cccc21. The van der Waals surface area contributed by atoms with Gasteiger partial charge in [0.2, 0.25) is 0 Å². The summed E-state index contributed by atoms with van der Waals surface area (Å²) in [5, 5.41) is 4.48. The van der Waals surface area contributed by atoms with Gasteiger partial charge >= 0.3 is 0 Å². The number of amides is 4. The molecule has 136 valence electrons. The third-order valence-electron chi connectivity index (χ3n) is 4.39. The highest BCUT2D eigenvalue weighted by atomic mass is 16.7. The second kappa shape index (κ2) is 6.65. The first-order valence-electron chi connectivity index (χ1n) is 8.23. The van der Waals surface area contributed by atoms with Crippen molar-refractivity contribution in [3.63, 3.8) is 0 Å². The van der Waals surface area contributed by atoms with Gasteiger partial charge in [0.15, 0.2) is 6.79 Å². The predicted molar refractivity (Wildman–Crippen MR) is 91.6 cm³/mol. The Morgan fingerprint density at radius 2 is 1.37 bits per heavy atom. The van der Waals surface area contributed by atoms with E-state index in [1.807, 2.05) is 0 Å². The van der Waals surface area contributed by atoms with Crippen LogP contribution in [0.4, 0.5) is 0 Å². The maximum atomic E-state index is 11.9. The summed E-state index contributed by atoms with van der Waals surface area (Å²) in [7, 11) is 0. The van der Waals surface area contributed by atoms with Crippen molar-refractivity contribution in [2.24, 2.45) is 0 Å². The van der Waals surface area contributed by atoms with Gasteiger partial charge in [-0.25, -0.2) is 0 Å². The van der Waals surface area contributed by atoms with E-state index in [2.05, 4.69) is 10.6 Å². The molecule has 0 aliphatic carbocycles. The molecule has 2 aromatic rings. The van der Waals surface area contributed by atoms with Crippen LogP contribution in [-0.2, 0) is 11.2 Å². The van der Waals surface area contributed by atoms with Gasteiger partial charge in [-0.2, -0.15) is 0 Å². The highest BCUT2D eigenvalue weighted by Crippen LogP contribution is 2.26. The summed E-state index contributed by atoms with van der Waals surface area (Å²) in [5.41, 5.74) is 1.92. The number of ether oxygens (including phenoxy) is 2. The summed E-state index contributed by atoms with van der Waals surface area (Å²) in [5.74, 6) is -1.49. The lowest BCUT2D eigenvalue weighted by atomic mass is 10.0. The number of rotatable bonds is 6. The molecule has 0 radical (unpaired) electrons. The summed E-state index contributed by atoms with van der Waals surface area (Å²) >= 11 is 0. The van der Waals surface area contributed by atoms with Gasteiger partial charge in [0.25, 0.3) is 23.6 Å². The molecule has 2 N–H and O–H groups in total. The van der Waals surface area contributed by atoms with Gasteiger partial charge in [-0.15, -0.1) is 0 Å². The Labute approximate surface area is 153 Å². The van der Waals surface area contributed by atoms with E-state index in [1.54, 1.807) is 36.4 Å². The molecule has 0 saturated carbocycles. The Balaban J connectivity index is 1.36. The van der Waals surface area contributed by atoms with E-state index >= 15 is 0 Å². The predicted octanol–water partition coefficient (Wildman–Crippen LogP) is 1.05. The van der Waals surface area contributed by atoms with E-state index in [1.165, 1.54) is 0 Å². The molecule has 0 fully saturated rings. The second-order valence-corrected chi connectivity index (χ2v) is 6.01. The van der Waals surface area contributed by atoms with E-state index in [4.69, 9.17) is 9.47 Å². The zero-order valence-electron chi connectivity index (χ0n) is 14.0. The Hall–Kier alpha value is -3.52. The molecule has 8 nitrogen and oxygen atoms in total. The molecule has 2 aliphatic rings. The maximum Gasteiger partial charge on any atom is 0.262 e. The standard InChI is InChI=1S/C19H14N2O6/c22-16-11-4-1-3-10(14(11)18(24)20-16)7-8-26-9-27-13-6-2-5-12-15(13)19(25)21-17(12)23/h1-6H,7-9H2,(H,20,22,24)(H,21,23,25). The van der Waals surface area contributed by atoms with Gasteiger partial charge in [-0.1, -0.05) is 18.2 Å². The zero-order chi connectivity index (χ0) is 19.0. The Morgan fingerprint density at radius 1 is 0.741 bits per heavy atom. The van der Waals surface area contributed by atoms with Gasteiger partial charge in [-0.05, 0) is 30.2 Å². The Kier molecular flexibility index (Phi) is 4.17. The molecule has 2 aromatic carbocycles. The van der Waals surface area contributed by atoms with Gasteiger partial charge in [0.05, 0.1) is 28.9 Å². The number of hydrogen-bond donors (Lipinski definition) is 2. The molecule has 0 saturated heterocycles. The van der Waals surface area contributed by atoms with Crippen molar-refractivity contribution in [2.45, 2.75) is 6.42 Å². The van der Waals surface area contributed by atoms with Crippen LogP contribution in [0.25, 0.3) is 0 Å². The lowest BCUT2D eigenvalue weighted by Crippen LogP contribution is -2.20. The van der Waals surface area contributed by atoms with Gasteiger partial charge in [0, 0.05) is 0 Å². The Bertz CT molecular complexity index is 918. The average Bonchev–Trinajstić information content (AvgIpc) is 3.11. The number of hydrogen-bond acceptors (Lipinski definition) is 6. The molecule has 2 heterocycles. The van der Waals surface area contributed by atoms with Crippen molar-refractivity contribution < 1.29 is 28.7 Å². The Morgan fingerprint density at radius 3 is 2.11 bits per heavy atom. The molecule has 4 amide bonds. The van der Waals surface area contributed by atoms with Crippen LogP contribution in [0.2, 0.25) is 0 Å². The summed E-state index contributed by atoms with van der Waals surface area (Å²) in [6.07, 6.45) is 0.416. The van der Waals surface area contributed by atoms with Crippen molar-refractivity contribution in [3.8, 4) is 5.75 Å². The largest absolute Gasteiger partial charge is 0.467 e. The topological polar surface area (TPSA) is 111 Å². The van der Waals surface area contributed by atoms with E-state index in [9.17, 15) is 19.2 Å². The number of fused-ring (bicyclic) bond motifs is 2. The normalized spacial score (nSPS) is 14.7. The van der Waals surface area contributed by atoms with Crippen LogP contribution in [0.3, 0.4) is 0 Å². The third kappa shape index (κ3) is 2.96. The summed E-state index contributed by atoms with van der Waals surface area (Å²) in [4.78, 5) is 47.0. The van der Waals surface area contributed by atoms with Crippen molar-refractivity contribution in [3.05, 3.63) is 64.2 Å². The van der Waals surface area contributed by atoms with Gasteiger partial charge in [0.1, 0.15) is 5.75 Å². The van der Waals surface area contributed by atoms with Crippen LogP contribution < -0.4 is 15.4 Å². The van der Waals surface area contributed by atoms with Crippen LogP contribution in [0.1, 0.15) is 47.0 Å². The molecule has 0 unspecified atom stereocenters. The fourth-order valence-corrected chi connectivity index (χ4v) is 3.15. The van der Waals surface area contributed by atoms with Crippen LogP contribution in [-0.4, -0.2) is 37.0 Å². The maximum absolute atomic E-state index is 11.9. The summed E-state index contributed by atoms with van der Waals surface area (Å²) in [6.45, 7) is 0.121. The highest BCUT2D eigenvalue weighted by Gasteiger charge is 2.30. The van der Waals surface area contributed by atoms with Crippen LogP contribution in [0.5, 0.6) is 5.75 Å². The molecule has 0 aromatic heterocycles. The number of carbonyl (C=O) groups is 4. The molecular weight excluding hydrogens is 352 g/mol. The van der Waals surface area contributed by atoms with Crippen molar-refractivity contribution in [1.29, 1.82) is 0 Å². The third-order valence-corrected chi connectivity index (χ3v) is 4.39. The molecule has 0 atom stereocenters. The second-order valence-electron chi connectivity index (χ2n) is 6.01. The molecule has 4 rings (SSSR count). The molecular formula is C19H14N2O6. The van der Waals surface area contributed by atoms with E-state index in [0.717, 1.165) is 0 Å². The molecule has 2 aliphatic heterocycles. The lowest BCUT2D eigenvalue weighted by molar-refractivity contribution is 0.0164. The molecule has 0 bridgehead atoms. The molecule has 27 heavy (non-hydrogen) atoms. The quantitative estimate of drug-likeness (QED) is 0.449. The first kappa shape index (κ1) is 16.9. The van der Waals surface area contributed by atoms with Crippen molar-refractivity contribution in [2.75, 3.05) is 13.4 Å². The fourth-order valence-electron chi connectivity index (χ4n) is 3.15. The van der Waals surface area contributed by atoms with Crippen molar-refractivity contribution in [1.82, 2.24) is 10.6 Å². The van der Waals surface area contributed by atoms with Crippen LogP contribution >= 0.6 is 0 Å². The minimum absolute atomic E-state index is 0.127. The number of carbonyl (C=O) groups excluding carboxylic acids is 4.